The summed E-state index contributed by atoms with van der Waals surface area (Å²) >= 11 is 0. The molecule has 1 saturated heterocycles. The summed E-state index contributed by atoms with van der Waals surface area (Å²) in [5.41, 5.74) is 6.58. The Morgan fingerprint density at radius 2 is 1.77 bits per heavy atom. The molecule has 1 N–H and O–H groups in total. The normalized spacial score (nSPS) is 15.2. The minimum Gasteiger partial charge on any atom is -0.299 e. The van der Waals surface area contributed by atoms with Crippen LogP contribution in [0.5, 0.6) is 0 Å². The molecular formula is C33H32FN5O. The van der Waals surface area contributed by atoms with Gasteiger partial charge < -0.3 is 0 Å². The molecule has 0 bridgehead atoms. The van der Waals surface area contributed by atoms with E-state index in [-0.39, 0.29) is 11.6 Å². The lowest BCUT2D eigenvalue weighted by Crippen LogP contribution is -2.24. The van der Waals surface area contributed by atoms with Gasteiger partial charge in [0.25, 0.3) is 0 Å². The molecule has 2 aromatic carbocycles. The molecule has 0 radical (unpaired) electrons. The molecule has 3 aromatic heterocycles. The first-order chi connectivity index (χ1) is 19.5. The van der Waals surface area contributed by atoms with Gasteiger partial charge in [0.05, 0.1) is 11.2 Å². The number of ketones is 1. The van der Waals surface area contributed by atoms with Crippen molar-refractivity contribution in [3.8, 4) is 22.4 Å². The van der Waals surface area contributed by atoms with Gasteiger partial charge in [0, 0.05) is 47.6 Å². The molecule has 1 aliphatic rings. The van der Waals surface area contributed by atoms with E-state index in [1.165, 1.54) is 43.4 Å². The number of likely N-dealkylation sites (tertiary alicyclic amines) is 1. The summed E-state index contributed by atoms with van der Waals surface area (Å²) < 4.78 is 13.6. The molecular weight excluding hydrogens is 501 g/mol. The van der Waals surface area contributed by atoms with Crippen molar-refractivity contribution in [3.63, 3.8) is 0 Å². The molecule has 0 spiro atoms. The third-order valence-electron chi connectivity index (χ3n) is 7.83. The number of aromatic amines is 1. The fourth-order valence-electron chi connectivity index (χ4n) is 5.50. The van der Waals surface area contributed by atoms with E-state index in [1.807, 2.05) is 55.7 Å². The smallest absolute Gasteiger partial charge is 0.190 e. The molecule has 6 nitrogen and oxygen atoms in total. The molecule has 0 aliphatic carbocycles. The van der Waals surface area contributed by atoms with E-state index >= 15 is 0 Å². The first-order valence-electron chi connectivity index (χ1n) is 14.0. The number of rotatable bonds is 7. The van der Waals surface area contributed by atoms with Gasteiger partial charge in [0.15, 0.2) is 5.78 Å². The lowest BCUT2D eigenvalue weighted by atomic mass is 9.93. The second kappa shape index (κ2) is 11.5. The van der Waals surface area contributed by atoms with Gasteiger partial charge in [-0.15, -0.1) is 0 Å². The molecule has 4 heterocycles. The Kier molecular flexibility index (Phi) is 7.47. The van der Waals surface area contributed by atoms with Crippen LogP contribution in [0.15, 0.2) is 79.3 Å². The average Bonchev–Trinajstić information content (AvgIpc) is 3.24. The fraction of sp³-hybridized carbons (Fsp3) is 0.273. The monoisotopic (exact) mass is 533 g/mol. The molecule has 0 amide bonds. The van der Waals surface area contributed by atoms with Crippen LogP contribution in [-0.4, -0.2) is 43.9 Å². The molecule has 0 saturated carbocycles. The maximum Gasteiger partial charge on any atom is 0.190 e. The number of benzene rings is 2. The number of pyridine rings is 2. The maximum absolute atomic E-state index is 13.6. The summed E-state index contributed by atoms with van der Waals surface area (Å²) in [5.74, 6) is -0.837. The number of nitrogens with one attached hydrogen (secondary N) is 1. The highest BCUT2D eigenvalue weighted by molar-refractivity contribution is 6.09. The molecule has 6 rings (SSSR count). The van der Waals surface area contributed by atoms with Crippen molar-refractivity contribution < 1.29 is 9.18 Å². The summed E-state index contributed by atoms with van der Waals surface area (Å²) in [4.78, 5) is 25.1. The van der Waals surface area contributed by atoms with Crippen molar-refractivity contribution in [2.75, 3.05) is 13.1 Å². The summed E-state index contributed by atoms with van der Waals surface area (Å²) in [6.45, 7) is 5.04. The van der Waals surface area contributed by atoms with E-state index in [0.29, 0.717) is 17.0 Å². The summed E-state index contributed by atoms with van der Waals surface area (Å²) in [6, 6.07) is 18.3. The lowest BCUT2D eigenvalue weighted by molar-refractivity contribution is 0.0962. The van der Waals surface area contributed by atoms with Gasteiger partial charge in [0.2, 0.25) is 0 Å². The predicted octanol–water partition coefficient (Wildman–Crippen LogP) is 7.19. The zero-order chi connectivity index (χ0) is 27.5. The van der Waals surface area contributed by atoms with E-state index in [0.717, 1.165) is 47.2 Å². The van der Waals surface area contributed by atoms with Crippen LogP contribution in [0.25, 0.3) is 33.3 Å². The Morgan fingerprint density at radius 1 is 0.925 bits per heavy atom. The highest BCUT2D eigenvalue weighted by Crippen LogP contribution is 2.29. The van der Waals surface area contributed by atoms with Crippen LogP contribution in [0.1, 0.15) is 60.1 Å². The highest BCUT2D eigenvalue weighted by Gasteiger charge is 2.23. The fourth-order valence-corrected chi connectivity index (χ4v) is 5.50. The average molecular weight is 534 g/mol. The Morgan fingerprint density at radius 3 is 2.55 bits per heavy atom. The number of H-pyrrole nitrogens is 1. The molecule has 1 fully saturated rings. The van der Waals surface area contributed by atoms with Gasteiger partial charge >= 0.3 is 0 Å². The largest absolute Gasteiger partial charge is 0.299 e. The van der Waals surface area contributed by atoms with Gasteiger partial charge in [-0.05, 0) is 79.0 Å². The number of Topliss-reactive ketones (excluding diaryl/α,β-unsaturated/α-hetero) is 1. The summed E-state index contributed by atoms with van der Waals surface area (Å²) in [5, 5.41) is 8.20. The van der Waals surface area contributed by atoms with Crippen molar-refractivity contribution in [1.82, 2.24) is 25.1 Å². The minimum absolute atomic E-state index is 0.0863. The first-order valence-corrected chi connectivity index (χ1v) is 14.0. The molecule has 1 atom stereocenters. The quantitative estimate of drug-likeness (QED) is 0.224. The van der Waals surface area contributed by atoms with E-state index in [9.17, 15) is 9.18 Å². The van der Waals surface area contributed by atoms with Crippen LogP contribution in [0.3, 0.4) is 0 Å². The number of halogens is 1. The number of aromatic nitrogens is 4. The first kappa shape index (κ1) is 26.0. The Balaban J connectivity index is 1.23. The number of carbonyl (C=O) groups is 1. The molecule has 202 valence electrons. The summed E-state index contributed by atoms with van der Waals surface area (Å²) in [6.07, 6.45) is 10.7. The second-order valence-electron chi connectivity index (χ2n) is 10.7. The van der Waals surface area contributed by atoms with Crippen molar-refractivity contribution in [2.45, 2.75) is 45.1 Å². The molecule has 7 heteroatoms. The van der Waals surface area contributed by atoms with Gasteiger partial charge in [-0.2, -0.15) is 5.10 Å². The number of hydrogen-bond donors (Lipinski definition) is 1. The standard InChI is InChI=1S/C33H32FN5O/c1-22(26-10-11-30(36-20-26)25-7-6-8-28(34)16-25)33(40)32-29-17-24(9-12-31(29)37-38-32)27-15-23(18-35-19-27)21-39-13-4-2-3-5-14-39/h6-12,15-20,22H,2-5,13-14,21H2,1H3,(H,37,38). The van der Waals surface area contributed by atoms with Crippen molar-refractivity contribution in [2.24, 2.45) is 0 Å². The molecule has 1 aliphatic heterocycles. The van der Waals surface area contributed by atoms with Crippen LogP contribution >= 0.6 is 0 Å². The third kappa shape index (κ3) is 5.56. The number of fused-ring (bicyclic) bond motifs is 1. The third-order valence-corrected chi connectivity index (χ3v) is 7.83. The predicted molar refractivity (Wildman–Crippen MR) is 155 cm³/mol. The van der Waals surface area contributed by atoms with Crippen molar-refractivity contribution in [3.05, 3.63) is 102 Å². The number of carbonyl (C=O) groups excluding carboxylic acids is 1. The van der Waals surface area contributed by atoms with Crippen LogP contribution in [0, 0.1) is 5.82 Å². The SMILES string of the molecule is CC(C(=O)c1n[nH]c2ccc(-c3cncc(CN4CCCCCC4)c3)cc12)c1ccc(-c2cccc(F)c2)nc1. The van der Waals surface area contributed by atoms with Crippen LogP contribution in [-0.2, 0) is 6.54 Å². The van der Waals surface area contributed by atoms with Crippen LogP contribution in [0.2, 0.25) is 0 Å². The maximum atomic E-state index is 13.6. The van der Waals surface area contributed by atoms with E-state index in [1.54, 1.807) is 12.3 Å². The van der Waals surface area contributed by atoms with Gasteiger partial charge in [-0.25, -0.2) is 4.39 Å². The number of nitrogens with zero attached hydrogens (tertiary/aromatic N) is 4. The second-order valence-corrected chi connectivity index (χ2v) is 10.7. The van der Waals surface area contributed by atoms with Crippen LogP contribution < -0.4 is 0 Å². The molecule has 40 heavy (non-hydrogen) atoms. The minimum atomic E-state index is -0.442. The van der Waals surface area contributed by atoms with Gasteiger partial charge in [-0.3, -0.25) is 24.8 Å². The Hall–Kier alpha value is -4.23. The van der Waals surface area contributed by atoms with Crippen LogP contribution in [0.4, 0.5) is 4.39 Å². The highest BCUT2D eigenvalue weighted by atomic mass is 19.1. The summed E-state index contributed by atoms with van der Waals surface area (Å²) in [7, 11) is 0. The van der Waals surface area contributed by atoms with Crippen molar-refractivity contribution in [1.29, 1.82) is 0 Å². The zero-order valence-corrected chi connectivity index (χ0v) is 22.6. The number of hydrogen-bond acceptors (Lipinski definition) is 5. The lowest BCUT2D eigenvalue weighted by Gasteiger charge is -2.19. The zero-order valence-electron chi connectivity index (χ0n) is 22.6. The van der Waals surface area contributed by atoms with Gasteiger partial charge in [0.1, 0.15) is 11.5 Å². The molecule has 5 aromatic rings. The van der Waals surface area contributed by atoms with E-state index in [2.05, 4.69) is 31.1 Å². The van der Waals surface area contributed by atoms with E-state index in [4.69, 9.17) is 0 Å². The molecule has 1 unspecified atom stereocenters. The topological polar surface area (TPSA) is 74.8 Å². The van der Waals surface area contributed by atoms with Gasteiger partial charge in [-0.1, -0.05) is 44.0 Å². The van der Waals surface area contributed by atoms with Crippen molar-refractivity contribution >= 4 is 16.7 Å². The Labute approximate surface area is 233 Å². The Bertz CT molecular complexity index is 1640. The van der Waals surface area contributed by atoms with E-state index < -0.39 is 5.92 Å².